The minimum absolute atomic E-state index is 0.0562. The Balaban J connectivity index is 3.05. The molecule has 0 heterocycles. The van der Waals surface area contributed by atoms with E-state index in [1.165, 1.54) is 0 Å². The van der Waals surface area contributed by atoms with Gasteiger partial charge in [0, 0.05) is 13.2 Å². The quantitative estimate of drug-likeness (QED) is 0.839. The van der Waals surface area contributed by atoms with Gasteiger partial charge >= 0.3 is 5.97 Å². The van der Waals surface area contributed by atoms with E-state index in [-0.39, 0.29) is 12.1 Å². The van der Waals surface area contributed by atoms with Crippen LogP contribution >= 0.6 is 0 Å². The highest BCUT2D eigenvalue weighted by molar-refractivity contribution is 5.82. The average molecular weight is 279 g/mol. The number of hydrogen-bond donors (Lipinski definition) is 2. The van der Waals surface area contributed by atoms with Crippen molar-refractivity contribution in [2.45, 2.75) is 45.1 Å². The SMILES string of the molecule is Cc1ccccc1C(CN)(CCOC(C)(C)C)C(=O)O. The number of nitrogens with two attached hydrogens (primary N) is 1. The van der Waals surface area contributed by atoms with E-state index in [1.807, 2.05) is 52.0 Å². The molecule has 0 spiro atoms. The van der Waals surface area contributed by atoms with E-state index >= 15 is 0 Å². The highest BCUT2D eigenvalue weighted by Crippen LogP contribution is 2.30. The maximum atomic E-state index is 11.8. The summed E-state index contributed by atoms with van der Waals surface area (Å²) in [5.41, 5.74) is 6.16. The van der Waals surface area contributed by atoms with Crippen molar-refractivity contribution in [2.24, 2.45) is 5.73 Å². The fourth-order valence-electron chi connectivity index (χ4n) is 2.30. The van der Waals surface area contributed by atoms with Crippen LogP contribution in [0.1, 0.15) is 38.3 Å². The minimum Gasteiger partial charge on any atom is -0.481 e. The highest BCUT2D eigenvalue weighted by Gasteiger charge is 2.40. The lowest BCUT2D eigenvalue weighted by Crippen LogP contribution is -2.45. The summed E-state index contributed by atoms with van der Waals surface area (Å²) in [6.45, 7) is 8.18. The number of hydrogen-bond acceptors (Lipinski definition) is 3. The molecule has 0 saturated carbocycles. The molecule has 0 bridgehead atoms. The Morgan fingerprint density at radius 1 is 1.30 bits per heavy atom. The van der Waals surface area contributed by atoms with Crippen molar-refractivity contribution in [1.82, 2.24) is 0 Å². The Kier molecular flexibility index (Phi) is 5.31. The molecule has 0 fully saturated rings. The molecule has 0 aliphatic heterocycles. The highest BCUT2D eigenvalue weighted by atomic mass is 16.5. The van der Waals surface area contributed by atoms with Crippen molar-refractivity contribution in [3.8, 4) is 0 Å². The van der Waals surface area contributed by atoms with Gasteiger partial charge in [0.15, 0.2) is 0 Å². The van der Waals surface area contributed by atoms with Crippen LogP contribution in [0.5, 0.6) is 0 Å². The fourth-order valence-corrected chi connectivity index (χ4v) is 2.30. The fraction of sp³-hybridized carbons (Fsp3) is 0.562. The number of rotatable bonds is 6. The number of carbonyl (C=O) groups is 1. The second-order valence-corrected chi connectivity index (χ2v) is 6.12. The van der Waals surface area contributed by atoms with E-state index < -0.39 is 11.4 Å². The van der Waals surface area contributed by atoms with Crippen molar-refractivity contribution < 1.29 is 14.6 Å². The second kappa shape index (κ2) is 6.37. The maximum Gasteiger partial charge on any atom is 0.315 e. The minimum atomic E-state index is -1.09. The van der Waals surface area contributed by atoms with Gasteiger partial charge in [-0.3, -0.25) is 4.79 Å². The molecule has 0 amide bonds. The van der Waals surface area contributed by atoms with Crippen molar-refractivity contribution in [1.29, 1.82) is 0 Å². The molecular weight excluding hydrogens is 254 g/mol. The monoisotopic (exact) mass is 279 g/mol. The standard InChI is InChI=1S/C16H25NO3/c1-12-7-5-6-8-13(12)16(11-17,14(18)19)9-10-20-15(2,3)4/h5-8H,9-11,17H2,1-4H3,(H,18,19). The largest absolute Gasteiger partial charge is 0.481 e. The first-order valence-electron chi connectivity index (χ1n) is 6.86. The van der Waals surface area contributed by atoms with Crippen molar-refractivity contribution in [3.63, 3.8) is 0 Å². The molecule has 1 rings (SSSR count). The van der Waals surface area contributed by atoms with E-state index in [4.69, 9.17) is 10.5 Å². The Labute approximate surface area is 120 Å². The summed E-state index contributed by atoms with van der Waals surface area (Å²) >= 11 is 0. The lowest BCUT2D eigenvalue weighted by molar-refractivity contribution is -0.145. The topological polar surface area (TPSA) is 72.5 Å². The van der Waals surface area contributed by atoms with Crippen LogP contribution in [0.4, 0.5) is 0 Å². The van der Waals surface area contributed by atoms with Gasteiger partial charge < -0.3 is 15.6 Å². The van der Waals surface area contributed by atoms with E-state index in [0.29, 0.717) is 13.0 Å². The third-order valence-corrected chi connectivity index (χ3v) is 3.48. The first kappa shape index (κ1) is 16.7. The lowest BCUT2D eigenvalue weighted by atomic mass is 9.76. The molecule has 0 aliphatic rings. The van der Waals surface area contributed by atoms with E-state index in [0.717, 1.165) is 11.1 Å². The Morgan fingerprint density at radius 2 is 1.90 bits per heavy atom. The van der Waals surface area contributed by atoms with Gasteiger partial charge in [0.05, 0.1) is 5.60 Å². The summed E-state index contributed by atoms with van der Waals surface area (Å²) in [7, 11) is 0. The summed E-state index contributed by atoms with van der Waals surface area (Å²) in [6, 6.07) is 7.49. The van der Waals surface area contributed by atoms with E-state index in [2.05, 4.69) is 0 Å². The number of ether oxygens (including phenoxy) is 1. The summed E-state index contributed by atoms with van der Waals surface area (Å²) in [6.07, 6.45) is 0.362. The molecule has 1 aromatic rings. The molecule has 0 aromatic heterocycles. The van der Waals surface area contributed by atoms with Crippen LogP contribution in [0.3, 0.4) is 0 Å². The van der Waals surface area contributed by atoms with Gasteiger partial charge in [-0.2, -0.15) is 0 Å². The summed E-state index contributed by atoms with van der Waals surface area (Å²) in [5, 5.41) is 9.70. The molecule has 0 aliphatic carbocycles. The van der Waals surface area contributed by atoms with Gasteiger partial charge in [-0.1, -0.05) is 24.3 Å². The van der Waals surface area contributed by atoms with Gasteiger partial charge in [-0.05, 0) is 45.2 Å². The molecule has 1 atom stereocenters. The molecule has 3 N–H and O–H groups in total. The normalized spacial score (nSPS) is 14.8. The number of carboxylic acid groups (broad SMARTS) is 1. The predicted octanol–water partition coefficient (Wildman–Crippen LogP) is 2.48. The third kappa shape index (κ3) is 3.81. The number of carboxylic acids is 1. The molecule has 0 saturated heterocycles. The van der Waals surface area contributed by atoms with Gasteiger partial charge in [-0.15, -0.1) is 0 Å². The first-order valence-corrected chi connectivity index (χ1v) is 6.86. The van der Waals surface area contributed by atoms with Gasteiger partial charge in [0.2, 0.25) is 0 Å². The average Bonchev–Trinajstić information content (AvgIpc) is 2.34. The Bertz CT molecular complexity index is 465. The maximum absolute atomic E-state index is 11.8. The zero-order valence-corrected chi connectivity index (χ0v) is 12.8. The van der Waals surface area contributed by atoms with E-state index in [1.54, 1.807) is 0 Å². The summed E-state index contributed by atoms with van der Waals surface area (Å²) < 4.78 is 5.68. The molecule has 4 heteroatoms. The molecule has 1 aromatic carbocycles. The van der Waals surface area contributed by atoms with Gasteiger partial charge in [0.25, 0.3) is 0 Å². The molecular formula is C16H25NO3. The third-order valence-electron chi connectivity index (χ3n) is 3.48. The zero-order valence-electron chi connectivity index (χ0n) is 12.8. The summed E-state index contributed by atoms with van der Waals surface area (Å²) in [4.78, 5) is 11.8. The van der Waals surface area contributed by atoms with Crippen molar-refractivity contribution in [3.05, 3.63) is 35.4 Å². The van der Waals surface area contributed by atoms with Crippen LogP contribution in [0.15, 0.2) is 24.3 Å². The number of aliphatic carboxylic acids is 1. The molecule has 112 valence electrons. The molecule has 4 nitrogen and oxygen atoms in total. The van der Waals surface area contributed by atoms with E-state index in [9.17, 15) is 9.90 Å². The van der Waals surface area contributed by atoms with Crippen molar-refractivity contribution in [2.75, 3.05) is 13.2 Å². The Morgan fingerprint density at radius 3 is 2.35 bits per heavy atom. The van der Waals surface area contributed by atoms with Crippen LogP contribution in [-0.4, -0.2) is 29.8 Å². The summed E-state index contributed by atoms with van der Waals surface area (Å²) in [5.74, 6) is -0.896. The molecule has 0 radical (unpaired) electrons. The molecule has 1 unspecified atom stereocenters. The number of aryl methyl sites for hydroxylation is 1. The van der Waals surface area contributed by atoms with Crippen LogP contribution in [-0.2, 0) is 14.9 Å². The van der Waals surface area contributed by atoms with Crippen LogP contribution < -0.4 is 5.73 Å². The Hall–Kier alpha value is -1.39. The van der Waals surface area contributed by atoms with Crippen LogP contribution in [0, 0.1) is 6.92 Å². The molecule has 20 heavy (non-hydrogen) atoms. The lowest BCUT2D eigenvalue weighted by Gasteiger charge is -2.31. The van der Waals surface area contributed by atoms with Gasteiger partial charge in [-0.25, -0.2) is 0 Å². The smallest absolute Gasteiger partial charge is 0.315 e. The zero-order chi connectivity index (χ0) is 15.4. The van der Waals surface area contributed by atoms with Crippen molar-refractivity contribution >= 4 is 5.97 Å². The van der Waals surface area contributed by atoms with Crippen LogP contribution in [0.2, 0.25) is 0 Å². The van der Waals surface area contributed by atoms with Gasteiger partial charge in [0.1, 0.15) is 5.41 Å². The number of benzene rings is 1. The second-order valence-electron chi connectivity index (χ2n) is 6.12. The predicted molar refractivity (Wildman–Crippen MR) is 79.9 cm³/mol. The first-order chi connectivity index (χ1) is 9.23. The van der Waals surface area contributed by atoms with Crippen LogP contribution in [0.25, 0.3) is 0 Å².